The van der Waals surface area contributed by atoms with Gasteiger partial charge in [-0.15, -0.1) is 0 Å². The Balaban J connectivity index is 1.76. The maximum atomic E-state index is 11.6. The molecule has 3 nitrogen and oxygen atoms in total. The van der Waals surface area contributed by atoms with Crippen molar-refractivity contribution in [2.75, 3.05) is 13.7 Å². The summed E-state index contributed by atoms with van der Waals surface area (Å²) < 4.78 is 4.86. The molecule has 1 N–H and O–H groups in total. The van der Waals surface area contributed by atoms with E-state index in [0.29, 0.717) is 16.2 Å². The van der Waals surface area contributed by atoms with Crippen LogP contribution < -0.4 is 5.32 Å². The molecular formula is C14H23NO2. The number of nitrogens with one attached hydrogen (secondary N) is 1. The van der Waals surface area contributed by atoms with Crippen molar-refractivity contribution in [3.63, 3.8) is 0 Å². The molecule has 2 spiro atoms. The van der Waals surface area contributed by atoms with E-state index in [4.69, 9.17) is 4.74 Å². The average Bonchev–Trinajstić information content (AvgIpc) is 2.69. The molecule has 2 aliphatic carbocycles. The molecule has 3 rings (SSSR count). The lowest BCUT2D eigenvalue weighted by molar-refractivity contribution is -0.229. The number of hydrogen-bond acceptors (Lipinski definition) is 3. The van der Waals surface area contributed by atoms with Crippen LogP contribution in [-0.2, 0) is 9.53 Å². The number of methoxy groups -OCH3 is 1. The van der Waals surface area contributed by atoms with Gasteiger partial charge in [0.05, 0.1) is 7.11 Å². The highest BCUT2D eigenvalue weighted by molar-refractivity contribution is 5.76. The van der Waals surface area contributed by atoms with Crippen LogP contribution in [0.15, 0.2) is 0 Å². The van der Waals surface area contributed by atoms with E-state index in [0.717, 1.165) is 13.0 Å². The molecule has 2 atom stereocenters. The van der Waals surface area contributed by atoms with Crippen molar-refractivity contribution < 1.29 is 9.53 Å². The minimum Gasteiger partial charge on any atom is -0.468 e. The molecule has 0 bridgehead atoms. The average molecular weight is 237 g/mol. The molecule has 1 heterocycles. The smallest absolute Gasteiger partial charge is 0.322 e. The van der Waals surface area contributed by atoms with Crippen LogP contribution in [0, 0.1) is 16.2 Å². The van der Waals surface area contributed by atoms with Crippen molar-refractivity contribution in [2.24, 2.45) is 16.2 Å². The molecule has 0 radical (unpaired) electrons. The van der Waals surface area contributed by atoms with E-state index in [1.807, 2.05) is 0 Å². The van der Waals surface area contributed by atoms with E-state index in [1.54, 1.807) is 0 Å². The zero-order valence-electron chi connectivity index (χ0n) is 11.1. The Morgan fingerprint density at radius 2 is 2.00 bits per heavy atom. The Kier molecular flexibility index (Phi) is 2.20. The first kappa shape index (κ1) is 11.5. The van der Waals surface area contributed by atoms with Crippen LogP contribution >= 0.6 is 0 Å². The first-order valence-electron chi connectivity index (χ1n) is 6.78. The Bertz CT molecular complexity index is 359. The van der Waals surface area contributed by atoms with Crippen LogP contribution in [-0.4, -0.2) is 25.7 Å². The summed E-state index contributed by atoms with van der Waals surface area (Å²) >= 11 is 0. The molecule has 0 aromatic rings. The summed E-state index contributed by atoms with van der Waals surface area (Å²) in [5, 5.41) is 3.37. The molecule has 2 saturated carbocycles. The number of hydrogen-bond donors (Lipinski definition) is 1. The van der Waals surface area contributed by atoms with Crippen LogP contribution in [0.3, 0.4) is 0 Å². The first-order chi connectivity index (χ1) is 7.96. The lowest BCUT2D eigenvalue weighted by atomic mass is 9.32. The SMILES string of the molecule is COC(=O)C1CC2(CN1)CC1(CCC1)C2(C)C. The van der Waals surface area contributed by atoms with Gasteiger partial charge in [0.25, 0.3) is 0 Å². The van der Waals surface area contributed by atoms with Crippen molar-refractivity contribution in [1.29, 1.82) is 0 Å². The van der Waals surface area contributed by atoms with E-state index in [-0.39, 0.29) is 12.0 Å². The number of esters is 1. The van der Waals surface area contributed by atoms with Crippen LogP contribution in [0.25, 0.3) is 0 Å². The molecule has 1 saturated heterocycles. The monoisotopic (exact) mass is 237 g/mol. The molecule has 1 aliphatic heterocycles. The third kappa shape index (κ3) is 1.19. The Labute approximate surface area is 103 Å². The summed E-state index contributed by atoms with van der Waals surface area (Å²) in [6.07, 6.45) is 6.46. The van der Waals surface area contributed by atoms with Gasteiger partial charge in [-0.3, -0.25) is 4.79 Å². The molecule has 0 amide bonds. The van der Waals surface area contributed by atoms with Crippen molar-refractivity contribution in [3.05, 3.63) is 0 Å². The summed E-state index contributed by atoms with van der Waals surface area (Å²) in [6.45, 7) is 5.81. The van der Waals surface area contributed by atoms with Gasteiger partial charge in [0.1, 0.15) is 6.04 Å². The number of ether oxygens (including phenoxy) is 1. The van der Waals surface area contributed by atoms with Gasteiger partial charge in [-0.1, -0.05) is 20.3 Å². The second-order valence-corrected chi connectivity index (χ2v) is 6.88. The Morgan fingerprint density at radius 1 is 1.29 bits per heavy atom. The molecule has 3 aliphatic rings. The quantitative estimate of drug-likeness (QED) is 0.710. The fourth-order valence-electron chi connectivity index (χ4n) is 4.72. The van der Waals surface area contributed by atoms with Gasteiger partial charge in [-0.2, -0.15) is 0 Å². The maximum absolute atomic E-state index is 11.6. The highest BCUT2D eigenvalue weighted by atomic mass is 16.5. The molecule has 17 heavy (non-hydrogen) atoms. The molecule has 3 fully saturated rings. The summed E-state index contributed by atoms with van der Waals surface area (Å²) in [5.74, 6) is -0.0905. The first-order valence-corrected chi connectivity index (χ1v) is 6.78. The third-order valence-corrected chi connectivity index (χ3v) is 6.41. The molecular weight excluding hydrogens is 214 g/mol. The van der Waals surface area contributed by atoms with Crippen LogP contribution in [0.5, 0.6) is 0 Å². The molecule has 96 valence electrons. The van der Waals surface area contributed by atoms with Crippen molar-refractivity contribution in [3.8, 4) is 0 Å². The normalized spacial score (nSPS) is 41.0. The fourth-order valence-corrected chi connectivity index (χ4v) is 4.72. The van der Waals surface area contributed by atoms with Gasteiger partial charge in [0.15, 0.2) is 0 Å². The lowest BCUT2D eigenvalue weighted by Crippen LogP contribution is -2.66. The summed E-state index contributed by atoms with van der Waals surface area (Å²) in [4.78, 5) is 11.6. The van der Waals surface area contributed by atoms with Gasteiger partial charge < -0.3 is 10.1 Å². The van der Waals surface area contributed by atoms with Crippen LogP contribution in [0.2, 0.25) is 0 Å². The maximum Gasteiger partial charge on any atom is 0.322 e. The van der Waals surface area contributed by atoms with E-state index in [2.05, 4.69) is 19.2 Å². The number of carbonyl (C=O) groups excluding carboxylic acids is 1. The second kappa shape index (κ2) is 3.25. The van der Waals surface area contributed by atoms with Gasteiger partial charge in [-0.25, -0.2) is 0 Å². The van der Waals surface area contributed by atoms with Crippen molar-refractivity contribution >= 4 is 5.97 Å². The van der Waals surface area contributed by atoms with Gasteiger partial charge in [-0.05, 0) is 41.9 Å². The van der Waals surface area contributed by atoms with Crippen molar-refractivity contribution in [2.45, 2.75) is 52.0 Å². The largest absolute Gasteiger partial charge is 0.468 e. The zero-order valence-corrected chi connectivity index (χ0v) is 11.1. The van der Waals surface area contributed by atoms with Gasteiger partial charge in [0.2, 0.25) is 0 Å². The van der Waals surface area contributed by atoms with E-state index in [9.17, 15) is 4.79 Å². The number of rotatable bonds is 1. The predicted molar refractivity (Wildman–Crippen MR) is 65.5 cm³/mol. The van der Waals surface area contributed by atoms with E-state index >= 15 is 0 Å². The topological polar surface area (TPSA) is 38.3 Å². The highest BCUT2D eigenvalue weighted by Gasteiger charge is 2.71. The minimum atomic E-state index is -0.0905. The van der Waals surface area contributed by atoms with Crippen LogP contribution in [0.4, 0.5) is 0 Å². The van der Waals surface area contributed by atoms with E-state index in [1.165, 1.54) is 32.8 Å². The highest BCUT2D eigenvalue weighted by Crippen LogP contribution is 2.77. The minimum absolute atomic E-state index is 0.0725. The van der Waals surface area contributed by atoms with Crippen molar-refractivity contribution in [1.82, 2.24) is 5.32 Å². The summed E-state index contributed by atoms with van der Waals surface area (Å²) in [7, 11) is 1.48. The molecule has 2 unspecified atom stereocenters. The third-order valence-electron chi connectivity index (χ3n) is 6.41. The lowest BCUT2D eigenvalue weighted by Gasteiger charge is -2.72. The summed E-state index contributed by atoms with van der Waals surface area (Å²) in [6, 6.07) is -0.0725. The number of carbonyl (C=O) groups is 1. The molecule has 3 heteroatoms. The van der Waals surface area contributed by atoms with Gasteiger partial charge >= 0.3 is 5.97 Å². The molecule has 0 aromatic heterocycles. The predicted octanol–water partition coefficient (Wildman–Crippen LogP) is 2.11. The second-order valence-electron chi connectivity index (χ2n) is 6.88. The molecule has 0 aromatic carbocycles. The fraction of sp³-hybridized carbons (Fsp3) is 0.929. The zero-order chi connectivity index (χ0) is 12.3. The van der Waals surface area contributed by atoms with Crippen LogP contribution in [0.1, 0.15) is 46.0 Å². The Morgan fingerprint density at radius 3 is 2.47 bits per heavy atom. The Hall–Kier alpha value is -0.570. The summed E-state index contributed by atoms with van der Waals surface area (Å²) in [5.41, 5.74) is 1.32. The van der Waals surface area contributed by atoms with E-state index < -0.39 is 0 Å². The standard InChI is InChI=1S/C14H23NO2/c1-12(2)13(5-4-6-13)8-14(12)7-10(15-9-14)11(16)17-3/h10,15H,4-9H2,1-3H3. The van der Waals surface area contributed by atoms with Gasteiger partial charge in [0, 0.05) is 6.54 Å².